The van der Waals surface area contributed by atoms with Gasteiger partial charge in [-0.05, 0) is 22.9 Å². The van der Waals surface area contributed by atoms with Gasteiger partial charge in [0.15, 0.2) is 17.7 Å². The molecule has 4 atom stereocenters. The van der Waals surface area contributed by atoms with Gasteiger partial charge in [-0.25, -0.2) is 20.1 Å². The molecule has 3 rings (SSSR count). The standard InChI is InChI=1S/C12H16BrN5O5/c1-12(21)7(20)5(3-19)23-11(12)18-10-6(8(13)16-18)9(17-22-2)14-4-15-10/h4-5,7,11,19-21H,3H2,1-2H3,(H,14,15,17)/t5?,7?,11?,12-/m1/s1. The lowest BCUT2D eigenvalue weighted by molar-refractivity contribution is -0.100. The summed E-state index contributed by atoms with van der Waals surface area (Å²) < 4.78 is 7.31. The molecule has 1 aliphatic heterocycles. The van der Waals surface area contributed by atoms with Crippen LogP contribution in [0.25, 0.3) is 11.0 Å². The van der Waals surface area contributed by atoms with E-state index in [4.69, 9.17) is 9.57 Å². The molecule has 3 unspecified atom stereocenters. The maximum absolute atomic E-state index is 10.6. The van der Waals surface area contributed by atoms with Crippen molar-refractivity contribution in [3.05, 3.63) is 10.9 Å². The summed E-state index contributed by atoms with van der Waals surface area (Å²) in [6.07, 6.45) is -1.92. The van der Waals surface area contributed by atoms with Gasteiger partial charge in [0, 0.05) is 0 Å². The highest BCUT2D eigenvalue weighted by Crippen LogP contribution is 2.40. The summed E-state index contributed by atoms with van der Waals surface area (Å²) >= 11 is 3.31. The Bertz CT molecular complexity index is 723. The highest BCUT2D eigenvalue weighted by atomic mass is 79.9. The Morgan fingerprint density at radius 2 is 2.26 bits per heavy atom. The molecule has 0 saturated carbocycles. The average molecular weight is 390 g/mol. The molecular formula is C12H16BrN5O5. The monoisotopic (exact) mass is 389 g/mol. The van der Waals surface area contributed by atoms with Crippen LogP contribution >= 0.6 is 15.9 Å². The third-order valence-corrected chi connectivity index (χ3v) is 4.36. The first kappa shape index (κ1) is 16.5. The molecule has 1 fully saturated rings. The van der Waals surface area contributed by atoms with Gasteiger partial charge in [-0.15, -0.1) is 0 Å². The number of anilines is 1. The van der Waals surface area contributed by atoms with E-state index < -0.39 is 30.6 Å². The van der Waals surface area contributed by atoms with Crippen LogP contribution in [0.3, 0.4) is 0 Å². The van der Waals surface area contributed by atoms with Gasteiger partial charge < -0.3 is 20.1 Å². The third kappa shape index (κ3) is 2.49. The van der Waals surface area contributed by atoms with Crippen LogP contribution in [-0.4, -0.2) is 66.6 Å². The second-order valence-corrected chi connectivity index (χ2v) is 6.09. The SMILES string of the molecule is CONc1ncnc2c1c(Br)nn2C1OC(CO)C(O)[C@@]1(C)O. The van der Waals surface area contributed by atoms with Crippen LogP contribution in [-0.2, 0) is 9.57 Å². The van der Waals surface area contributed by atoms with Crippen molar-refractivity contribution in [3.8, 4) is 0 Å². The number of nitrogens with zero attached hydrogens (tertiary/aromatic N) is 4. The number of hydrogen-bond donors (Lipinski definition) is 4. The Labute approximate surface area is 139 Å². The first-order valence-electron chi connectivity index (χ1n) is 6.76. The van der Waals surface area contributed by atoms with Crippen LogP contribution in [0.5, 0.6) is 0 Å². The molecule has 11 heteroatoms. The van der Waals surface area contributed by atoms with Gasteiger partial charge in [-0.3, -0.25) is 4.84 Å². The molecule has 3 heterocycles. The van der Waals surface area contributed by atoms with Crippen LogP contribution in [0.2, 0.25) is 0 Å². The van der Waals surface area contributed by atoms with Gasteiger partial charge in [0.05, 0.1) is 19.1 Å². The van der Waals surface area contributed by atoms with E-state index in [1.807, 2.05) is 0 Å². The zero-order valence-electron chi connectivity index (χ0n) is 12.3. The predicted octanol–water partition coefficient (Wildman–Crippen LogP) is -0.436. The highest BCUT2D eigenvalue weighted by molar-refractivity contribution is 9.10. The Hall–Kier alpha value is -1.37. The topological polar surface area (TPSA) is 135 Å². The zero-order chi connectivity index (χ0) is 16.8. The molecule has 0 radical (unpaired) electrons. The van der Waals surface area contributed by atoms with E-state index in [2.05, 4.69) is 36.5 Å². The van der Waals surface area contributed by atoms with Gasteiger partial charge in [0.2, 0.25) is 0 Å². The van der Waals surface area contributed by atoms with E-state index in [1.165, 1.54) is 25.0 Å². The first-order chi connectivity index (χ1) is 10.9. The molecule has 0 bridgehead atoms. The average Bonchev–Trinajstić information content (AvgIpc) is 2.96. The van der Waals surface area contributed by atoms with Gasteiger partial charge >= 0.3 is 0 Å². The van der Waals surface area contributed by atoms with E-state index in [0.717, 1.165) is 0 Å². The Morgan fingerprint density at radius 1 is 1.52 bits per heavy atom. The number of aromatic nitrogens is 4. The van der Waals surface area contributed by atoms with Crippen molar-refractivity contribution >= 4 is 32.8 Å². The first-order valence-corrected chi connectivity index (χ1v) is 7.55. The smallest absolute Gasteiger partial charge is 0.183 e. The number of halogens is 1. The molecule has 126 valence electrons. The van der Waals surface area contributed by atoms with Crippen LogP contribution in [0, 0.1) is 0 Å². The van der Waals surface area contributed by atoms with Crippen molar-refractivity contribution in [3.63, 3.8) is 0 Å². The van der Waals surface area contributed by atoms with E-state index in [1.54, 1.807) is 0 Å². The molecular weight excluding hydrogens is 374 g/mol. The number of nitrogens with one attached hydrogen (secondary N) is 1. The van der Waals surface area contributed by atoms with Gasteiger partial charge in [-0.1, -0.05) is 0 Å². The second-order valence-electron chi connectivity index (χ2n) is 5.34. The summed E-state index contributed by atoms with van der Waals surface area (Å²) in [5.41, 5.74) is 1.32. The van der Waals surface area contributed by atoms with Gasteiger partial charge in [0.25, 0.3) is 0 Å². The summed E-state index contributed by atoms with van der Waals surface area (Å²) in [5.74, 6) is 0.382. The maximum atomic E-state index is 10.6. The summed E-state index contributed by atoms with van der Waals surface area (Å²) in [6, 6.07) is 0. The lowest BCUT2D eigenvalue weighted by Crippen LogP contribution is -2.44. The van der Waals surface area contributed by atoms with Crippen molar-refractivity contribution < 1.29 is 24.9 Å². The molecule has 4 N–H and O–H groups in total. The number of fused-ring (bicyclic) bond motifs is 1. The lowest BCUT2D eigenvalue weighted by atomic mass is 9.97. The predicted molar refractivity (Wildman–Crippen MR) is 81.3 cm³/mol. The zero-order valence-corrected chi connectivity index (χ0v) is 13.9. The molecule has 0 spiro atoms. The summed E-state index contributed by atoms with van der Waals surface area (Å²) in [6.45, 7) is 0.981. The molecule has 2 aromatic rings. The number of rotatable bonds is 4. The fourth-order valence-corrected chi connectivity index (χ4v) is 3.15. The molecule has 23 heavy (non-hydrogen) atoms. The molecule has 2 aromatic heterocycles. The molecule has 10 nitrogen and oxygen atoms in total. The van der Waals surface area contributed by atoms with Gasteiger partial charge in [0.1, 0.15) is 28.7 Å². The summed E-state index contributed by atoms with van der Waals surface area (Å²) in [4.78, 5) is 13.1. The lowest BCUT2D eigenvalue weighted by Gasteiger charge is -2.26. The number of ether oxygens (including phenoxy) is 1. The van der Waals surface area contributed by atoms with Crippen molar-refractivity contribution in [1.82, 2.24) is 19.7 Å². The molecule has 0 aliphatic carbocycles. The van der Waals surface area contributed by atoms with Crippen LogP contribution < -0.4 is 5.48 Å². The Morgan fingerprint density at radius 3 is 2.87 bits per heavy atom. The van der Waals surface area contributed by atoms with E-state index in [9.17, 15) is 15.3 Å². The Kier molecular flexibility index (Phi) is 4.25. The summed E-state index contributed by atoms with van der Waals surface area (Å²) in [7, 11) is 1.44. The molecule has 1 saturated heterocycles. The quantitative estimate of drug-likeness (QED) is 0.513. The van der Waals surface area contributed by atoms with Crippen molar-refractivity contribution in [2.45, 2.75) is 31.0 Å². The van der Waals surface area contributed by atoms with Crippen LogP contribution in [0.4, 0.5) is 5.82 Å². The normalized spacial score (nSPS) is 31.0. The third-order valence-electron chi connectivity index (χ3n) is 3.80. The number of hydrogen-bond acceptors (Lipinski definition) is 9. The van der Waals surface area contributed by atoms with Crippen LogP contribution in [0.1, 0.15) is 13.2 Å². The largest absolute Gasteiger partial charge is 0.394 e. The number of aliphatic hydroxyl groups is 3. The molecule has 0 aromatic carbocycles. The molecule has 1 aliphatic rings. The van der Waals surface area contributed by atoms with Crippen molar-refractivity contribution in [2.75, 3.05) is 19.2 Å². The summed E-state index contributed by atoms with van der Waals surface area (Å²) in [5, 5.41) is 34.8. The number of aliphatic hydroxyl groups excluding tert-OH is 2. The van der Waals surface area contributed by atoms with E-state index >= 15 is 0 Å². The highest BCUT2D eigenvalue weighted by Gasteiger charge is 2.53. The van der Waals surface area contributed by atoms with Crippen LogP contribution in [0.15, 0.2) is 10.9 Å². The minimum Gasteiger partial charge on any atom is -0.394 e. The maximum Gasteiger partial charge on any atom is 0.183 e. The van der Waals surface area contributed by atoms with E-state index in [-0.39, 0.29) is 0 Å². The van der Waals surface area contributed by atoms with E-state index in [0.29, 0.717) is 21.5 Å². The minimum absolute atomic E-state index is 0.363. The fraction of sp³-hybridized carbons (Fsp3) is 0.583. The van der Waals surface area contributed by atoms with Crippen molar-refractivity contribution in [2.24, 2.45) is 0 Å². The van der Waals surface area contributed by atoms with Gasteiger partial charge in [-0.2, -0.15) is 5.10 Å². The molecule has 0 amide bonds. The Balaban J connectivity index is 2.13. The second kappa shape index (κ2) is 5.92. The minimum atomic E-state index is -1.66. The fourth-order valence-electron chi connectivity index (χ4n) is 2.62. The van der Waals surface area contributed by atoms with Crippen molar-refractivity contribution in [1.29, 1.82) is 0 Å².